The van der Waals surface area contributed by atoms with E-state index in [1.54, 1.807) is 6.07 Å². The van der Waals surface area contributed by atoms with Crippen LogP contribution in [0.4, 0.5) is 8.78 Å². The molecule has 0 saturated heterocycles. The van der Waals surface area contributed by atoms with Crippen LogP contribution in [-0.2, 0) is 5.92 Å². The van der Waals surface area contributed by atoms with Gasteiger partial charge in [0.15, 0.2) is 0 Å². The Morgan fingerprint density at radius 3 is 2.31 bits per heavy atom. The standard InChI is InChI=1S/C11H11Cl2F2N/c12-8-2-1-3-9(13)10(8)11(14,15)6-16-7-4-5-7/h1-3,7,16H,4-6H2. The summed E-state index contributed by atoms with van der Waals surface area (Å²) in [6, 6.07) is 4.63. The number of halogens is 4. The molecule has 0 spiro atoms. The van der Waals surface area contributed by atoms with Crippen molar-refractivity contribution in [2.45, 2.75) is 24.8 Å². The van der Waals surface area contributed by atoms with Crippen LogP contribution < -0.4 is 5.32 Å². The van der Waals surface area contributed by atoms with E-state index in [-0.39, 0.29) is 21.7 Å². The average molecular weight is 266 g/mol. The highest BCUT2D eigenvalue weighted by molar-refractivity contribution is 6.36. The molecule has 0 amide bonds. The van der Waals surface area contributed by atoms with E-state index in [1.165, 1.54) is 12.1 Å². The number of hydrogen-bond acceptors (Lipinski definition) is 1. The molecule has 1 aromatic carbocycles. The highest BCUT2D eigenvalue weighted by Gasteiger charge is 2.37. The summed E-state index contributed by atoms with van der Waals surface area (Å²) in [5, 5.41) is 2.80. The van der Waals surface area contributed by atoms with Crippen molar-refractivity contribution >= 4 is 23.2 Å². The zero-order chi connectivity index (χ0) is 11.8. The molecular weight excluding hydrogens is 255 g/mol. The molecule has 1 nitrogen and oxygen atoms in total. The molecule has 5 heteroatoms. The fourth-order valence-corrected chi connectivity index (χ4v) is 2.17. The molecule has 0 aliphatic heterocycles. The Morgan fingerprint density at radius 1 is 1.25 bits per heavy atom. The summed E-state index contributed by atoms with van der Waals surface area (Å²) in [5.41, 5.74) is -0.286. The second-order valence-electron chi connectivity index (χ2n) is 3.96. The van der Waals surface area contributed by atoms with E-state index >= 15 is 0 Å². The fourth-order valence-electron chi connectivity index (χ4n) is 1.50. The average Bonchev–Trinajstić information content (AvgIpc) is 2.97. The SMILES string of the molecule is FC(F)(CNC1CC1)c1c(Cl)cccc1Cl. The van der Waals surface area contributed by atoms with Gasteiger partial charge in [0.25, 0.3) is 5.92 Å². The summed E-state index contributed by atoms with van der Waals surface area (Å²) >= 11 is 11.5. The van der Waals surface area contributed by atoms with Gasteiger partial charge in [0, 0.05) is 6.04 Å². The minimum atomic E-state index is -3.03. The topological polar surface area (TPSA) is 12.0 Å². The first-order valence-electron chi connectivity index (χ1n) is 5.06. The molecule has 0 atom stereocenters. The lowest BCUT2D eigenvalue weighted by atomic mass is 10.1. The van der Waals surface area contributed by atoms with Gasteiger partial charge in [-0.3, -0.25) is 0 Å². The van der Waals surface area contributed by atoms with Gasteiger partial charge < -0.3 is 5.32 Å². The van der Waals surface area contributed by atoms with Crippen molar-refractivity contribution in [1.29, 1.82) is 0 Å². The summed E-state index contributed by atoms with van der Waals surface area (Å²) in [4.78, 5) is 0. The van der Waals surface area contributed by atoms with Crippen LogP contribution in [0, 0.1) is 0 Å². The second kappa shape index (κ2) is 4.47. The summed E-state index contributed by atoms with van der Waals surface area (Å²) in [7, 11) is 0. The Labute approximate surface area is 103 Å². The lowest BCUT2D eigenvalue weighted by molar-refractivity contribution is -0.00326. The van der Waals surface area contributed by atoms with Gasteiger partial charge in [-0.2, -0.15) is 8.78 Å². The van der Waals surface area contributed by atoms with Crippen LogP contribution in [0.3, 0.4) is 0 Å². The quantitative estimate of drug-likeness (QED) is 0.873. The van der Waals surface area contributed by atoms with Crippen molar-refractivity contribution in [2.24, 2.45) is 0 Å². The van der Waals surface area contributed by atoms with E-state index in [1.807, 2.05) is 0 Å². The molecule has 1 N–H and O–H groups in total. The van der Waals surface area contributed by atoms with Crippen LogP contribution in [0.15, 0.2) is 18.2 Å². The third-order valence-corrected chi connectivity index (χ3v) is 3.15. The first kappa shape index (κ1) is 12.1. The van der Waals surface area contributed by atoms with Crippen LogP contribution in [0.5, 0.6) is 0 Å². The van der Waals surface area contributed by atoms with Crippen molar-refractivity contribution in [3.05, 3.63) is 33.8 Å². The van der Waals surface area contributed by atoms with E-state index in [0.29, 0.717) is 0 Å². The molecule has 1 saturated carbocycles. The van der Waals surface area contributed by atoms with Crippen LogP contribution >= 0.6 is 23.2 Å². The number of hydrogen-bond donors (Lipinski definition) is 1. The highest BCUT2D eigenvalue weighted by atomic mass is 35.5. The van der Waals surface area contributed by atoms with Gasteiger partial charge in [0.05, 0.1) is 22.2 Å². The number of alkyl halides is 2. The third-order valence-electron chi connectivity index (χ3n) is 2.52. The Kier molecular flexibility index (Phi) is 3.38. The van der Waals surface area contributed by atoms with Crippen LogP contribution in [0.25, 0.3) is 0 Å². The zero-order valence-corrected chi connectivity index (χ0v) is 9.95. The van der Waals surface area contributed by atoms with Crippen molar-refractivity contribution in [3.8, 4) is 0 Å². The fraction of sp³-hybridized carbons (Fsp3) is 0.455. The molecule has 16 heavy (non-hydrogen) atoms. The normalized spacial score (nSPS) is 16.5. The molecule has 1 aliphatic rings. The highest BCUT2D eigenvalue weighted by Crippen LogP contribution is 2.38. The predicted octanol–water partition coefficient (Wildman–Crippen LogP) is 3.84. The second-order valence-corrected chi connectivity index (χ2v) is 4.77. The van der Waals surface area contributed by atoms with Gasteiger partial charge in [-0.25, -0.2) is 0 Å². The van der Waals surface area contributed by atoms with Gasteiger partial charge in [-0.05, 0) is 25.0 Å². The first-order chi connectivity index (χ1) is 7.50. The summed E-state index contributed by atoms with van der Waals surface area (Å²) in [6.07, 6.45) is 1.93. The first-order valence-corrected chi connectivity index (χ1v) is 5.82. The van der Waals surface area contributed by atoms with Crippen LogP contribution in [-0.4, -0.2) is 12.6 Å². The number of benzene rings is 1. The summed E-state index contributed by atoms with van der Waals surface area (Å²) < 4.78 is 27.7. The van der Waals surface area contributed by atoms with Crippen LogP contribution in [0.2, 0.25) is 10.0 Å². The number of rotatable bonds is 4. The molecule has 1 aromatic rings. The Balaban J connectivity index is 2.18. The summed E-state index contributed by atoms with van der Waals surface area (Å²) in [5.74, 6) is -3.03. The number of nitrogens with one attached hydrogen (secondary N) is 1. The Bertz CT molecular complexity index is 371. The van der Waals surface area contributed by atoms with Gasteiger partial charge >= 0.3 is 0 Å². The molecule has 88 valence electrons. The summed E-state index contributed by atoms with van der Waals surface area (Å²) in [6.45, 7) is -0.416. The lowest BCUT2D eigenvalue weighted by Crippen LogP contribution is -2.32. The van der Waals surface area contributed by atoms with E-state index < -0.39 is 12.5 Å². The van der Waals surface area contributed by atoms with Crippen molar-refractivity contribution in [1.82, 2.24) is 5.32 Å². The maximum absolute atomic E-state index is 13.8. The van der Waals surface area contributed by atoms with E-state index in [0.717, 1.165) is 12.8 Å². The molecule has 0 heterocycles. The molecule has 0 unspecified atom stereocenters. The maximum atomic E-state index is 13.8. The Morgan fingerprint density at radius 2 is 1.81 bits per heavy atom. The smallest absolute Gasteiger partial charge is 0.288 e. The maximum Gasteiger partial charge on any atom is 0.288 e. The monoisotopic (exact) mass is 265 g/mol. The van der Waals surface area contributed by atoms with Gasteiger partial charge in [0.1, 0.15) is 0 Å². The third kappa shape index (κ3) is 2.65. The van der Waals surface area contributed by atoms with E-state index in [2.05, 4.69) is 5.32 Å². The lowest BCUT2D eigenvalue weighted by Gasteiger charge is -2.19. The van der Waals surface area contributed by atoms with Crippen LogP contribution in [0.1, 0.15) is 18.4 Å². The molecular formula is C11H11Cl2F2N. The molecule has 1 fully saturated rings. The van der Waals surface area contributed by atoms with Crippen molar-refractivity contribution in [3.63, 3.8) is 0 Å². The van der Waals surface area contributed by atoms with Crippen molar-refractivity contribution in [2.75, 3.05) is 6.54 Å². The largest absolute Gasteiger partial charge is 0.308 e. The molecule has 0 radical (unpaired) electrons. The van der Waals surface area contributed by atoms with Crippen molar-refractivity contribution < 1.29 is 8.78 Å². The predicted molar refractivity (Wildman–Crippen MR) is 61.4 cm³/mol. The van der Waals surface area contributed by atoms with Gasteiger partial charge in [-0.1, -0.05) is 29.3 Å². The molecule has 0 bridgehead atoms. The Hall–Kier alpha value is -0.380. The molecule has 0 aromatic heterocycles. The molecule has 2 rings (SSSR count). The van der Waals surface area contributed by atoms with Gasteiger partial charge in [0.2, 0.25) is 0 Å². The van der Waals surface area contributed by atoms with E-state index in [4.69, 9.17) is 23.2 Å². The van der Waals surface area contributed by atoms with E-state index in [9.17, 15) is 8.78 Å². The zero-order valence-electron chi connectivity index (χ0n) is 8.44. The minimum absolute atomic E-state index is 0.00935. The van der Waals surface area contributed by atoms with Gasteiger partial charge in [-0.15, -0.1) is 0 Å². The molecule has 1 aliphatic carbocycles. The minimum Gasteiger partial charge on any atom is -0.308 e.